The van der Waals surface area contributed by atoms with Crippen molar-refractivity contribution in [3.05, 3.63) is 70.7 Å². The minimum Gasteiger partial charge on any atom is -0.287 e. The third-order valence-electron chi connectivity index (χ3n) is 3.32. The second kappa shape index (κ2) is 6.48. The van der Waals surface area contributed by atoms with E-state index in [0.29, 0.717) is 17.2 Å². The highest BCUT2D eigenvalue weighted by molar-refractivity contribution is 5.52. The molecule has 0 N–H and O–H groups in total. The summed E-state index contributed by atoms with van der Waals surface area (Å²) in [6.07, 6.45) is 4.84. The van der Waals surface area contributed by atoms with Crippen LogP contribution in [0.2, 0.25) is 0 Å². The van der Waals surface area contributed by atoms with Crippen molar-refractivity contribution in [2.75, 3.05) is 0 Å². The van der Waals surface area contributed by atoms with Crippen LogP contribution < -0.4 is 5.43 Å². The molecule has 0 aliphatic heterocycles. The molecule has 1 aromatic carbocycles. The van der Waals surface area contributed by atoms with Gasteiger partial charge in [0.05, 0.1) is 11.4 Å². The van der Waals surface area contributed by atoms with Gasteiger partial charge in [0.15, 0.2) is 5.69 Å². The first-order valence-electron chi connectivity index (χ1n) is 7.35. The molecule has 0 saturated heterocycles. The second-order valence-electron chi connectivity index (χ2n) is 5.06. The molecule has 0 radical (unpaired) electrons. The Morgan fingerprint density at radius 3 is 2.65 bits per heavy atom. The SMILES string of the molecule is CCCc1nccc(-c2nn(-c3ccc(F)cc3)ccc2=O)n1. The first-order chi connectivity index (χ1) is 11.2. The van der Waals surface area contributed by atoms with E-state index in [4.69, 9.17) is 0 Å². The maximum absolute atomic E-state index is 13.0. The quantitative estimate of drug-likeness (QED) is 0.743. The molecular formula is C17H15FN4O. The fourth-order valence-corrected chi connectivity index (χ4v) is 2.20. The van der Waals surface area contributed by atoms with Gasteiger partial charge in [-0.25, -0.2) is 19.0 Å². The summed E-state index contributed by atoms with van der Waals surface area (Å²) in [5.41, 5.74) is 1.18. The highest BCUT2D eigenvalue weighted by Crippen LogP contribution is 2.12. The highest BCUT2D eigenvalue weighted by Gasteiger charge is 2.09. The summed E-state index contributed by atoms with van der Waals surface area (Å²) in [7, 11) is 0. The Kier molecular flexibility index (Phi) is 4.23. The Hall–Kier alpha value is -2.89. The van der Waals surface area contributed by atoms with Crippen LogP contribution in [0.25, 0.3) is 17.1 Å². The Bertz CT molecular complexity index is 874. The maximum atomic E-state index is 13.0. The molecule has 116 valence electrons. The largest absolute Gasteiger partial charge is 0.287 e. The van der Waals surface area contributed by atoms with E-state index in [1.54, 1.807) is 30.6 Å². The smallest absolute Gasteiger partial charge is 0.209 e. The van der Waals surface area contributed by atoms with Crippen molar-refractivity contribution in [3.8, 4) is 17.1 Å². The van der Waals surface area contributed by atoms with Crippen LogP contribution in [0.3, 0.4) is 0 Å². The number of hydrogen-bond donors (Lipinski definition) is 0. The number of hydrogen-bond acceptors (Lipinski definition) is 4. The van der Waals surface area contributed by atoms with E-state index in [1.165, 1.54) is 22.9 Å². The molecule has 0 aliphatic carbocycles. The maximum Gasteiger partial charge on any atom is 0.209 e. The fraction of sp³-hybridized carbons (Fsp3) is 0.176. The molecule has 0 saturated carbocycles. The van der Waals surface area contributed by atoms with E-state index >= 15 is 0 Å². The van der Waals surface area contributed by atoms with Gasteiger partial charge >= 0.3 is 0 Å². The van der Waals surface area contributed by atoms with Gasteiger partial charge in [0.2, 0.25) is 5.43 Å². The minimum absolute atomic E-state index is 0.218. The van der Waals surface area contributed by atoms with Crippen LogP contribution in [-0.2, 0) is 6.42 Å². The van der Waals surface area contributed by atoms with E-state index in [2.05, 4.69) is 15.1 Å². The average molecular weight is 310 g/mol. The molecule has 0 fully saturated rings. The third kappa shape index (κ3) is 3.31. The number of halogens is 1. The summed E-state index contributed by atoms with van der Waals surface area (Å²) in [5.74, 6) is 0.360. The normalized spacial score (nSPS) is 10.7. The van der Waals surface area contributed by atoms with Gasteiger partial charge in [0, 0.05) is 24.9 Å². The second-order valence-corrected chi connectivity index (χ2v) is 5.06. The summed E-state index contributed by atoms with van der Waals surface area (Å²) in [6.45, 7) is 2.04. The van der Waals surface area contributed by atoms with Crippen LogP contribution in [0.15, 0.2) is 53.6 Å². The molecule has 5 nitrogen and oxygen atoms in total. The van der Waals surface area contributed by atoms with E-state index in [-0.39, 0.29) is 16.9 Å². The summed E-state index contributed by atoms with van der Waals surface area (Å²) in [6, 6.07) is 8.97. The van der Waals surface area contributed by atoms with Crippen LogP contribution in [0.1, 0.15) is 19.2 Å². The summed E-state index contributed by atoms with van der Waals surface area (Å²) < 4.78 is 14.6. The lowest BCUT2D eigenvalue weighted by Crippen LogP contribution is -2.13. The molecule has 0 atom stereocenters. The molecule has 0 amide bonds. The molecule has 3 rings (SSSR count). The standard InChI is InChI=1S/C17H15FN4O/c1-2-3-16-19-10-8-14(20-16)17-15(23)9-11-22(21-17)13-6-4-12(18)5-7-13/h4-11H,2-3H2,1H3. The molecule has 0 bridgehead atoms. The van der Waals surface area contributed by atoms with Gasteiger partial charge in [-0.1, -0.05) is 6.92 Å². The van der Waals surface area contributed by atoms with Crippen LogP contribution in [0.5, 0.6) is 0 Å². The Labute approximate surface area is 132 Å². The van der Waals surface area contributed by atoms with E-state index in [0.717, 1.165) is 12.8 Å². The zero-order valence-corrected chi connectivity index (χ0v) is 12.6. The van der Waals surface area contributed by atoms with Gasteiger partial charge in [-0.05, 0) is 36.8 Å². The predicted molar refractivity (Wildman–Crippen MR) is 84.8 cm³/mol. The van der Waals surface area contributed by atoms with Crippen molar-refractivity contribution in [1.29, 1.82) is 0 Å². The topological polar surface area (TPSA) is 60.7 Å². The fourth-order valence-electron chi connectivity index (χ4n) is 2.20. The molecule has 6 heteroatoms. The first-order valence-corrected chi connectivity index (χ1v) is 7.35. The van der Waals surface area contributed by atoms with Crippen molar-refractivity contribution in [2.24, 2.45) is 0 Å². The lowest BCUT2D eigenvalue weighted by atomic mass is 10.2. The van der Waals surface area contributed by atoms with E-state index < -0.39 is 0 Å². The lowest BCUT2D eigenvalue weighted by molar-refractivity contribution is 0.627. The minimum atomic E-state index is -0.324. The molecule has 3 aromatic rings. The molecular weight excluding hydrogens is 295 g/mol. The molecule has 0 aliphatic rings. The molecule has 2 aromatic heterocycles. The molecule has 0 unspecified atom stereocenters. The van der Waals surface area contributed by atoms with Gasteiger partial charge in [0.25, 0.3) is 0 Å². The Balaban J connectivity index is 2.06. The number of aryl methyl sites for hydroxylation is 1. The third-order valence-corrected chi connectivity index (χ3v) is 3.32. The van der Waals surface area contributed by atoms with Crippen LogP contribution in [-0.4, -0.2) is 19.7 Å². The van der Waals surface area contributed by atoms with Gasteiger partial charge in [-0.2, -0.15) is 5.10 Å². The highest BCUT2D eigenvalue weighted by atomic mass is 19.1. The number of aromatic nitrogens is 4. The van der Waals surface area contributed by atoms with Crippen LogP contribution >= 0.6 is 0 Å². The molecule has 0 spiro atoms. The van der Waals surface area contributed by atoms with Crippen LogP contribution in [0, 0.1) is 5.82 Å². The Morgan fingerprint density at radius 2 is 1.91 bits per heavy atom. The number of benzene rings is 1. The van der Waals surface area contributed by atoms with Gasteiger partial charge < -0.3 is 0 Å². The van der Waals surface area contributed by atoms with Crippen LogP contribution in [0.4, 0.5) is 4.39 Å². The summed E-state index contributed by atoms with van der Waals surface area (Å²) >= 11 is 0. The number of rotatable bonds is 4. The first kappa shape index (κ1) is 15.0. The van der Waals surface area contributed by atoms with Crippen molar-refractivity contribution in [3.63, 3.8) is 0 Å². The lowest BCUT2D eigenvalue weighted by Gasteiger charge is -2.07. The van der Waals surface area contributed by atoms with Crippen molar-refractivity contribution >= 4 is 0 Å². The monoisotopic (exact) mass is 310 g/mol. The van der Waals surface area contributed by atoms with Crippen molar-refractivity contribution < 1.29 is 4.39 Å². The predicted octanol–water partition coefficient (Wildman–Crippen LogP) is 2.78. The average Bonchev–Trinajstić information content (AvgIpc) is 2.57. The van der Waals surface area contributed by atoms with Gasteiger partial charge in [-0.15, -0.1) is 0 Å². The van der Waals surface area contributed by atoms with Gasteiger partial charge in [-0.3, -0.25) is 4.79 Å². The van der Waals surface area contributed by atoms with Crippen molar-refractivity contribution in [1.82, 2.24) is 19.7 Å². The van der Waals surface area contributed by atoms with Crippen molar-refractivity contribution in [2.45, 2.75) is 19.8 Å². The molecule has 23 heavy (non-hydrogen) atoms. The summed E-state index contributed by atoms with van der Waals surface area (Å²) in [4.78, 5) is 20.7. The van der Waals surface area contributed by atoms with E-state index in [9.17, 15) is 9.18 Å². The van der Waals surface area contributed by atoms with Gasteiger partial charge in [0.1, 0.15) is 11.6 Å². The Morgan fingerprint density at radius 1 is 1.13 bits per heavy atom. The zero-order chi connectivity index (χ0) is 16.2. The molecule has 2 heterocycles. The van der Waals surface area contributed by atoms with E-state index in [1.807, 2.05) is 6.92 Å². The number of nitrogens with zero attached hydrogens (tertiary/aromatic N) is 4. The summed E-state index contributed by atoms with van der Waals surface area (Å²) in [5, 5.41) is 4.34. The zero-order valence-electron chi connectivity index (χ0n) is 12.6.